The van der Waals surface area contributed by atoms with Crippen LogP contribution in [0, 0.1) is 12.8 Å². The summed E-state index contributed by atoms with van der Waals surface area (Å²) in [5, 5.41) is 0.567. The van der Waals surface area contributed by atoms with Gasteiger partial charge in [-0.05, 0) is 43.9 Å². The Bertz CT molecular complexity index is 451. The summed E-state index contributed by atoms with van der Waals surface area (Å²) in [5.74, 6) is 0.452. The van der Waals surface area contributed by atoms with E-state index in [0.717, 1.165) is 31.5 Å². The van der Waals surface area contributed by atoms with Crippen LogP contribution in [0.25, 0.3) is 0 Å². The fourth-order valence-corrected chi connectivity index (χ4v) is 2.63. The van der Waals surface area contributed by atoms with Crippen LogP contribution in [-0.4, -0.2) is 30.4 Å². The first-order valence-electron chi connectivity index (χ1n) is 6.38. The molecule has 0 spiro atoms. The van der Waals surface area contributed by atoms with Gasteiger partial charge in [0.15, 0.2) is 0 Å². The number of amides is 1. The summed E-state index contributed by atoms with van der Waals surface area (Å²) < 4.78 is 0. The third kappa shape index (κ3) is 3.62. The average Bonchev–Trinajstić information content (AvgIpc) is 2.41. The maximum absolute atomic E-state index is 12.4. The minimum absolute atomic E-state index is 0. The SMILES string of the molecule is Cc1cccc(C(=O)N2CCCC(CN)C2)c1Cl.Cl. The zero-order valence-electron chi connectivity index (χ0n) is 11.1. The summed E-state index contributed by atoms with van der Waals surface area (Å²) in [5.41, 5.74) is 7.24. The summed E-state index contributed by atoms with van der Waals surface area (Å²) in [7, 11) is 0. The van der Waals surface area contributed by atoms with Crippen LogP contribution < -0.4 is 5.73 Å². The Labute approximate surface area is 125 Å². The van der Waals surface area contributed by atoms with E-state index < -0.39 is 0 Å². The molecular formula is C14H20Cl2N2O. The summed E-state index contributed by atoms with van der Waals surface area (Å²) >= 11 is 6.21. The van der Waals surface area contributed by atoms with E-state index in [-0.39, 0.29) is 18.3 Å². The zero-order chi connectivity index (χ0) is 13.1. The first-order valence-corrected chi connectivity index (χ1v) is 6.75. The Hall–Kier alpha value is -0.770. The quantitative estimate of drug-likeness (QED) is 0.913. The van der Waals surface area contributed by atoms with Gasteiger partial charge in [0.2, 0.25) is 0 Å². The van der Waals surface area contributed by atoms with Gasteiger partial charge >= 0.3 is 0 Å². The number of hydrogen-bond acceptors (Lipinski definition) is 2. The van der Waals surface area contributed by atoms with Gasteiger partial charge in [-0.1, -0.05) is 23.7 Å². The Morgan fingerprint density at radius 2 is 2.26 bits per heavy atom. The second-order valence-corrected chi connectivity index (χ2v) is 5.31. The Morgan fingerprint density at radius 1 is 1.53 bits per heavy atom. The highest BCUT2D eigenvalue weighted by atomic mass is 35.5. The van der Waals surface area contributed by atoms with Crippen molar-refractivity contribution in [2.45, 2.75) is 19.8 Å². The normalized spacial score (nSPS) is 18.9. The smallest absolute Gasteiger partial charge is 0.255 e. The van der Waals surface area contributed by atoms with Crippen molar-refractivity contribution in [3.63, 3.8) is 0 Å². The molecule has 5 heteroatoms. The first-order chi connectivity index (χ1) is 8.63. The summed E-state index contributed by atoms with van der Waals surface area (Å²) in [6.07, 6.45) is 2.14. The third-order valence-corrected chi connectivity index (χ3v) is 4.06. The van der Waals surface area contributed by atoms with E-state index in [2.05, 4.69) is 0 Å². The molecule has 1 unspecified atom stereocenters. The molecule has 1 saturated heterocycles. The van der Waals surface area contributed by atoms with Crippen molar-refractivity contribution < 1.29 is 4.79 Å². The number of carbonyl (C=O) groups excluding carboxylic acids is 1. The molecule has 1 fully saturated rings. The molecule has 3 nitrogen and oxygen atoms in total. The standard InChI is InChI=1S/C14H19ClN2O.ClH/c1-10-4-2-6-12(13(10)15)14(18)17-7-3-5-11(8-16)9-17;/h2,4,6,11H,3,5,7-9,16H2,1H3;1H. The molecule has 1 amide bonds. The Kier molecular flexibility index (Phi) is 6.11. The third-order valence-electron chi connectivity index (χ3n) is 3.56. The van der Waals surface area contributed by atoms with Crippen LogP contribution in [0.1, 0.15) is 28.8 Å². The van der Waals surface area contributed by atoms with Crippen LogP contribution in [0.5, 0.6) is 0 Å². The van der Waals surface area contributed by atoms with Gasteiger partial charge in [-0.3, -0.25) is 4.79 Å². The minimum Gasteiger partial charge on any atom is -0.338 e. The van der Waals surface area contributed by atoms with Gasteiger partial charge in [0, 0.05) is 13.1 Å². The molecule has 1 aliphatic rings. The lowest BCUT2D eigenvalue weighted by molar-refractivity contribution is 0.0678. The van der Waals surface area contributed by atoms with Gasteiger partial charge in [0.1, 0.15) is 0 Å². The van der Waals surface area contributed by atoms with Crippen LogP contribution in [0.3, 0.4) is 0 Å². The predicted molar refractivity (Wildman–Crippen MR) is 81.1 cm³/mol. The van der Waals surface area contributed by atoms with E-state index in [1.165, 1.54) is 0 Å². The largest absolute Gasteiger partial charge is 0.338 e. The molecular weight excluding hydrogens is 283 g/mol. The highest BCUT2D eigenvalue weighted by Crippen LogP contribution is 2.24. The Morgan fingerprint density at radius 3 is 2.95 bits per heavy atom. The van der Waals surface area contributed by atoms with Gasteiger partial charge in [0.05, 0.1) is 10.6 Å². The maximum Gasteiger partial charge on any atom is 0.255 e. The molecule has 1 aromatic carbocycles. The first kappa shape index (κ1) is 16.3. The molecule has 1 atom stereocenters. The number of halogens is 2. The van der Waals surface area contributed by atoms with Gasteiger partial charge < -0.3 is 10.6 Å². The predicted octanol–water partition coefficient (Wildman–Crippen LogP) is 2.88. The lowest BCUT2D eigenvalue weighted by atomic mass is 9.97. The van der Waals surface area contributed by atoms with Crippen molar-refractivity contribution in [3.05, 3.63) is 34.3 Å². The van der Waals surface area contributed by atoms with Gasteiger partial charge in [-0.25, -0.2) is 0 Å². The van der Waals surface area contributed by atoms with Crippen LogP contribution in [0.2, 0.25) is 5.02 Å². The molecule has 19 heavy (non-hydrogen) atoms. The molecule has 0 aromatic heterocycles. The van der Waals surface area contributed by atoms with E-state index in [0.29, 0.717) is 23.0 Å². The van der Waals surface area contributed by atoms with Crippen molar-refractivity contribution in [2.75, 3.05) is 19.6 Å². The zero-order valence-corrected chi connectivity index (χ0v) is 12.6. The number of rotatable bonds is 2. The molecule has 2 rings (SSSR count). The number of nitrogens with zero attached hydrogens (tertiary/aromatic N) is 1. The van der Waals surface area contributed by atoms with Gasteiger partial charge in [0.25, 0.3) is 5.91 Å². The van der Waals surface area contributed by atoms with Crippen LogP contribution >= 0.6 is 24.0 Å². The number of nitrogens with two attached hydrogens (primary N) is 1. The summed E-state index contributed by atoms with van der Waals surface area (Å²) in [6.45, 7) is 4.11. The molecule has 0 radical (unpaired) electrons. The topological polar surface area (TPSA) is 46.3 Å². The lowest BCUT2D eigenvalue weighted by Gasteiger charge is -2.32. The van der Waals surface area contributed by atoms with Gasteiger partial charge in [-0.2, -0.15) is 0 Å². The van der Waals surface area contributed by atoms with E-state index >= 15 is 0 Å². The number of benzene rings is 1. The fraction of sp³-hybridized carbons (Fsp3) is 0.500. The van der Waals surface area contributed by atoms with E-state index in [9.17, 15) is 4.79 Å². The molecule has 106 valence electrons. The number of carbonyl (C=O) groups is 1. The Balaban J connectivity index is 0.00000180. The van der Waals surface area contributed by atoms with E-state index in [1.807, 2.05) is 24.0 Å². The molecule has 0 bridgehead atoms. The second-order valence-electron chi connectivity index (χ2n) is 4.93. The summed E-state index contributed by atoms with van der Waals surface area (Å²) in [4.78, 5) is 14.3. The average molecular weight is 303 g/mol. The molecule has 1 heterocycles. The molecule has 0 aliphatic carbocycles. The number of aryl methyl sites for hydroxylation is 1. The van der Waals surface area contributed by atoms with Crippen molar-refractivity contribution in [2.24, 2.45) is 11.7 Å². The highest BCUT2D eigenvalue weighted by Gasteiger charge is 2.25. The molecule has 1 aliphatic heterocycles. The number of hydrogen-bond donors (Lipinski definition) is 1. The van der Waals surface area contributed by atoms with Crippen molar-refractivity contribution in [3.8, 4) is 0 Å². The van der Waals surface area contributed by atoms with Gasteiger partial charge in [-0.15, -0.1) is 12.4 Å². The highest BCUT2D eigenvalue weighted by molar-refractivity contribution is 6.34. The minimum atomic E-state index is 0. The fourth-order valence-electron chi connectivity index (χ4n) is 2.42. The van der Waals surface area contributed by atoms with Crippen LogP contribution in [0.4, 0.5) is 0 Å². The maximum atomic E-state index is 12.4. The molecule has 2 N–H and O–H groups in total. The summed E-state index contributed by atoms with van der Waals surface area (Å²) in [6, 6.07) is 5.58. The van der Waals surface area contributed by atoms with Crippen molar-refractivity contribution in [1.82, 2.24) is 4.90 Å². The number of piperidine rings is 1. The van der Waals surface area contributed by atoms with E-state index in [4.69, 9.17) is 17.3 Å². The van der Waals surface area contributed by atoms with Crippen molar-refractivity contribution >= 4 is 29.9 Å². The lowest BCUT2D eigenvalue weighted by Crippen LogP contribution is -2.42. The monoisotopic (exact) mass is 302 g/mol. The molecule has 1 aromatic rings. The second kappa shape index (κ2) is 7.13. The molecule has 0 saturated carbocycles. The van der Waals surface area contributed by atoms with Crippen LogP contribution in [-0.2, 0) is 0 Å². The number of likely N-dealkylation sites (tertiary alicyclic amines) is 1. The van der Waals surface area contributed by atoms with Crippen molar-refractivity contribution in [1.29, 1.82) is 0 Å². The van der Waals surface area contributed by atoms with E-state index in [1.54, 1.807) is 6.07 Å². The van der Waals surface area contributed by atoms with Crippen LogP contribution in [0.15, 0.2) is 18.2 Å².